The van der Waals surface area contributed by atoms with E-state index in [4.69, 9.17) is 9.26 Å². The molecule has 3 aromatic rings. The highest BCUT2D eigenvalue weighted by Crippen LogP contribution is 2.15. The van der Waals surface area contributed by atoms with Gasteiger partial charge in [0.15, 0.2) is 5.82 Å². The van der Waals surface area contributed by atoms with E-state index in [-0.39, 0.29) is 5.91 Å². The Hall–Kier alpha value is -3.35. The molecular formula is C18H18N4O3. The summed E-state index contributed by atoms with van der Waals surface area (Å²) in [5.41, 5.74) is 2.05. The molecule has 0 unspecified atom stereocenters. The maximum Gasteiger partial charge on any atom is 0.270 e. The lowest BCUT2D eigenvalue weighted by Crippen LogP contribution is -2.23. The van der Waals surface area contributed by atoms with Gasteiger partial charge in [0, 0.05) is 12.6 Å². The smallest absolute Gasteiger partial charge is 0.270 e. The number of carbonyl (C=O) groups excluding carboxylic acids is 1. The zero-order chi connectivity index (χ0) is 17.6. The van der Waals surface area contributed by atoms with Crippen molar-refractivity contribution in [2.24, 2.45) is 0 Å². The molecule has 0 saturated heterocycles. The first kappa shape index (κ1) is 16.5. The zero-order valence-electron chi connectivity index (χ0n) is 13.9. The van der Waals surface area contributed by atoms with Crippen molar-refractivity contribution >= 4 is 17.4 Å². The number of hydrogen-bond acceptors (Lipinski definition) is 6. The molecule has 0 radical (unpaired) electrons. The van der Waals surface area contributed by atoms with Crippen LogP contribution < -0.4 is 15.4 Å². The Morgan fingerprint density at radius 2 is 2.00 bits per heavy atom. The van der Waals surface area contributed by atoms with Crippen molar-refractivity contribution < 1.29 is 14.1 Å². The number of carbonyl (C=O) groups is 1. The molecule has 128 valence electrons. The summed E-state index contributed by atoms with van der Waals surface area (Å²) in [6.07, 6.45) is 1.58. The fraction of sp³-hybridized carbons (Fsp3) is 0.167. The molecule has 25 heavy (non-hydrogen) atoms. The van der Waals surface area contributed by atoms with Gasteiger partial charge in [0.05, 0.1) is 19.0 Å². The van der Waals surface area contributed by atoms with Crippen LogP contribution in [0.5, 0.6) is 5.75 Å². The lowest BCUT2D eigenvalue weighted by molar-refractivity contribution is 0.0946. The number of amides is 1. The van der Waals surface area contributed by atoms with E-state index in [2.05, 4.69) is 20.8 Å². The molecule has 2 aromatic heterocycles. The highest BCUT2D eigenvalue weighted by molar-refractivity contribution is 5.92. The van der Waals surface area contributed by atoms with Crippen molar-refractivity contribution in [1.82, 2.24) is 15.5 Å². The van der Waals surface area contributed by atoms with Crippen LogP contribution in [0.1, 0.15) is 21.8 Å². The topological polar surface area (TPSA) is 89.3 Å². The molecule has 2 N–H and O–H groups in total. The lowest BCUT2D eigenvalue weighted by Gasteiger charge is -2.07. The maximum absolute atomic E-state index is 12.2. The van der Waals surface area contributed by atoms with Gasteiger partial charge in [-0.05, 0) is 36.8 Å². The van der Waals surface area contributed by atoms with E-state index >= 15 is 0 Å². The predicted octanol–water partition coefficient (Wildman–Crippen LogP) is 3.06. The summed E-state index contributed by atoms with van der Waals surface area (Å²) in [5.74, 6) is 1.85. The maximum atomic E-state index is 12.2. The molecule has 0 saturated carbocycles. The molecular weight excluding hydrogens is 320 g/mol. The van der Waals surface area contributed by atoms with Crippen LogP contribution in [0.25, 0.3) is 0 Å². The third-order valence-electron chi connectivity index (χ3n) is 3.51. The van der Waals surface area contributed by atoms with Crippen LogP contribution in [0.3, 0.4) is 0 Å². The molecule has 0 aliphatic carbocycles. The molecule has 1 amide bonds. The van der Waals surface area contributed by atoms with E-state index in [1.54, 1.807) is 31.5 Å². The van der Waals surface area contributed by atoms with Gasteiger partial charge in [-0.3, -0.25) is 4.79 Å². The average molecular weight is 338 g/mol. The Balaban J connectivity index is 1.56. The number of pyridine rings is 1. The summed E-state index contributed by atoms with van der Waals surface area (Å²) < 4.78 is 10.1. The van der Waals surface area contributed by atoms with Crippen molar-refractivity contribution in [1.29, 1.82) is 0 Å². The molecule has 7 heteroatoms. The number of aromatic nitrogens is 2. The minimum Gasteiger partial charge on any atom is -0.497 e. The van der Waals surface area contributed by atoms with Gasteiger partial charge in [0.1, 0.15) is 17.2 Å². The molecule has 0 aliphatic rings. The standard InChI is InChI=1S/C18H18N4O3/c1-12-9-17(22-25-12)21-14-5-8-16(19-11-14)18(23)20-10-13-3-6-15(24-2)7-4-13/h3-9,11H,10H2,1-2H3,(H,20,23)(H,21,22). The number of rotatable bonds is 6. The van der Waals surface area contributed by atoms with E-state index in [0.29, 0.717) is 23.8 Å². The summed E-state index contributed by atoms with van der Waals surface area (Å²) >= 11 is 0. The first-order chi connectivity index (χ1) is 12.1. The molecule has 0 spiro atoms. The number of benzene rings is 1. The van der Waals surface area contributed by atoms with Gasteiger partial charge in [0.25, 0.3) is 5.91 Å². The lowest BCUT2D eigenvalue weighted by atomic mass is 10.2. The molecule has 0 aliphatic heterocycles. The third kappa shape index (κ3) is 4.35. The molecule has 0 fully saturated rings. The van der Waals surface area contributed by atoms with Crippen LogP contribution >= 0.6 is 0 Å². The molecule has 7 nitrogen and oxygen atoms in total. The summed E-state index contributed by atoms with van der Waals surface area (Å²) in [6.45, 7) is 2.23. The van der Waals surface area contributed by atoms with Gasteiger partial charge in [0.2, 0.25) is 0 Å². The molecule has 2 heterocycles. The second-order valence-electron chi connectivity index (χ2n) is 5.41. The summed E-state index contributed by atoms with van der Waals surface area (Å²) in [4.78, 5) is 16.3. The SMILES string of the molecule is COc1ccc(CNC(=O)c2ccc(Nc3cc(C)on3)cn2)cc1. The largest absolute Gasteiger partial charge is 0.497 e. The number of nitrogens with one attached hydrogen (secondary N) is 2. The van der Waals surface area contributed by atoms with Crippen molar-refractivity contribution in [3.63, 3.8) is 0 Å². The number of nitrogens with zero attached hydrogens (tertiary/aromatic N) is 2. The number of methoxy groups -OCH3 is 1. The molecule has 0 atom stereocenters. The van der Waals surface area contributed by atoms with Gasteiger partial charge in [-0.1, -0.05) is 17.3 Å². The predicted molar refractivity (Wildman–Crippen MR) is 92.9 cm³/mol. The van der Waals surface area contributed by atoms with E-state index in [1.165, 1.54) is 0 Å². The van der Waals surface area contributed by atoms with Gasteiger partial charge in [-0.15, -0.1) is 0 Å². The second kappa shape index (κ2) is 7.48. The number of anilines is 2. The molecule has 3 rings (SSSR count). The average Bonchev–Trinajstić information content (AvgIpc) is 3.05. The van der Waals surface area contributed by atoms with Crippen LogP contribution in [-0.4, -0.2) is 23.2 Å². The number of ether oxygens (including phenoxy) is 1. The van der Waals surface area contributed by atoms with E-state index in [9.17, 15) is 4.79 Å². The van der Waals surface area contributed by atoms with Crippen molar-refractivity contribution in [2.45, 2.75) is 13.5 Å². The number of aryl methyl sites for hydroxylation is 1. The monoisotopic (exact) mass is 338 g/mol. The minimum atomic E-state index is -0.236. The first-order valence-corrected chi connectivity index (χ1v) is 7.71. The number of hydrogen-bond donors (Lipinski definition) is 2. The van der Waals surface area contributed by atoms with Gasteiger partial charge in [-0.25, -0.2) is 4.98 Å². The van der Waals surface area contributed by atoms with Gasteiger partial charge in [-0.2, -0.15) is 0 Å². The Morgan fingerprint density at radius 1 is 1.20 bits per heavy atom. The fourth-order valence-electron chi connectivity index (χ4n) is 2.19. The Kier molecular flexibility index (Phi) is 4.94. The molecule has 0 bridgehead atoms. The highest BCUT2D eigenvalue weighted by atomic mass is 16.5. The quantitative estimate of drug-likeness (QED) is 0.718. The van der Waals surface area contributed by atoms with Crippen molar-refractivity contribution in [3.8, 4) is 5.75 Å². The van der Waals surface area contributed by atoms with E-state index < -0.39 is 0 Å². The summed E-state index contributed by atoms with van der Waals surface area (Å²) in [5, 5.41) is 9.73. The van der Waals surface area contributed by atoms with Crippen LogP contribution in [-0.2, 0) is 6.54 Å². The fourth-order valence-corrected chi connectivity index (χ4v) is 2.19. The Bertz CT molecular complexity index is 842. The van der Waals surface area contributed by atoms with Crippen LogP contribution in [0.15, 0.2) is 53.2 Å². The normalized spacial score (nSPS) is 10.3. The van der Waals surface area contributed by atoms with Gasteiger partial charge < -0.3 is 19.9 Å². The molecule has 1 aromatic carbocycles. The zero-order valence-corrected chi connectivity index (χ0v) is 13.9. The Morgan fingerprint density at radius 3 is 2.60 bits per heavy atom. The van der Waals surface area contributed by atoms with E-state index in [0.717, 1.165) is 17.0 Å². The summed E-state index contributed by atoms with van der Waals surface area (Å²) in [6, 6.07) is 12.7. The highest BCUT2D eigenvalue weighted by Gasteiger charge is 2.08. The van der Waals surface area contributed by atoms with Gasteiger partial charge >= 0.3 is 0 Å². The van der Waals surface area contributed by atoms with E-state index in [1.807, 2.05) is 31.2 Å². The second-order valence-corrected chi connectivity index (χ2v) is 5.41. The summed E-state index contributed by atoms with van der Waals surface area (Å²) in [7, 11) is 1.62. The van der Waals surface area contributed by atoms with Crippen LogP contribution in [0.2, 0.25) is 0 Å². The van der Waals surface area contributed by atoms with Crippen molar-refractivity contribution in [3.05, 3.63) is 65.7 Å². The van der Waals surface area contributed by atoms with Crippen molar-refractivity contribution in [2.75, 3.05) is 12.4 Å². The van der Waals surface area contributed by atoms with Crippen LogP contribution in [0, 0.1) is 6.92 Å². The minimum absolute atomic E-state index is 0.236. The van der Waals surface area contributed by atoms with Crippen LogP contribution in [0.4, 0.5) is 11.5 Å². The third-order valence-corrected chi connectivity index (χ3v) is 3.51. The first-order valence-electron chi connectivity index (χ1n) is 7.71. The Labute approximate surface area is 145 Å².